The molecule has 5 heteroatoms. The van der Waals surface area contributed by atoms with Crippen LogP contribution in [0.4, 0.5) is 5.69 Å². The molecule has 0 radical (unpaired) electrons. The molecule has 0 aliphatic carbocycles. The van der Waals surface area contributed by atoms with Gasteiger partial charge in [-0.3, -0.25) is 4.79 Å². The van der Waals surface area contributed by atoms with E-state index in [1.165, 1.54) is 0 Å². The van der Waals surface area contributed by atoms with Gasteiger partial charge in [0.2, 0.25) is 0 Å². The number of fused-ring (bicyclic) bond motifs is 2. The van der Waals surface area contributed by atoms with Gasteiger partial charge in [0.15, 0.2) is 0 Å². The number of hydrogen-bond acceptors (Lipinski definition) is 4. The molecule has 4 rings (SSSR count). The number of ether oxygens (including phenoxy) is 1. The molecule has 0 aliphatic heterocycles. The highest BCUT2D eigenvalue weighted by Crippen LogP contribution is 2.27. The van der Waals surface area contributed by atoms with Crippen molar-refractivity contribution in [1.82, 2.24) is 5.43 Å². The molecule has 0 saturated carbocycles. The summed E-state index contributed by atoms with van der Waals surface area (Å²) >= 11 is 0. The number of para-hydroxylation sites is 2. The Morgan fingerprint density at radius 2 is 1.53 bits per heavy atom. The molecule has 0 spiro atoms. The largest absolute Gasteiger partial charge is 0.495 e. The molecule has 0 bridgehead atoms. The highest BCUT2D eigenvalue weighted by Gasteiger charge is 2.14. The van der Waals surface area contributed by atoms with E-state index in [2.05, 4.69) is 46.2 Å². The molecule has 0 aromatic heterocycles. The molecule has 5 nitrogen and oxygen atoms in total. The quantitative estimate of drug-likeness (QED) is 0.275. The molecular formula is C25H23N3O2. The summed E-state index contributed by atoms with van der Waals surface area (Å²) in [4.78, 5) is 12.5. The summed E-state index contributed by atoms with van der Waals surface area (Å²) < 4.78 is 5.32. The normalized spacial score (nSPS) is 12.2. The Bertz CT molecular complexity index is 1180. The first-order chi connectivity index (χ1) is 14.7. The van der Waals surface area contributed by atoms with Gasteiger partial charge in [0.05, 0.1) is 19.0 Å². The van der Waals surface area contributed by atoms with Crippen molar-refractivity contribution in [2.45, 2.75) is 13.0 Å². The van der Waals surface area contributed by atoms with E-state index in [0.717, 1.165) is 32.8 Å². The maximum Gasteiger partial charge on any atom is 0.262 e. The monoisotopic (exact) mass is 397 g/mol. The highest BCUT2D eigenvalue weighted by atomic mass is 16.5. The van der Waals surface area contributed by atoms with Gasteiger partial charge in [-0.15, -0.1) is 0 Å². The third-order valence-electron chi connectivity index (χ3n) is 5.05. The zero-order chi connectivity index (χ0) is 20.9. The van der Waals surface area contributed by atoms with Crippen molar-refractivity contribution in [2.24, 2.45) is 5.10 Å². The summed E-state index contributed by atoms with van der Waals surface area (Å²) in [6.45, 7) is 1.78. The van der Waals surface area contributed by atoms with Crippen molar-refractivity contribution in [3.05, 3.63) is 84.4 Å². The van der Waals surface area contributed by atoms with Crippen LogP contribution in [-0.4, -0.2) is 25.3 Å². The van der Waals surface area contributed by atoms with Crippen LogP contribution in [0.2, 0.25) is 0 Å². The number of anilines is 1. The molecule has 150 valence electrons. The summed E-state index contributed by atoms with van der Waals surface area (Å²) in [5.41, 5.74) is 4.38. The topological polar surface area (TPSA) is 62.7 Å². The fourth-order valence-electron chi connectivity index (χ4n) is 3.51. The average Bonchev–Trinajstić information content (AvgIpc) is 2.78. The van der Waals surface area contributed by atoms with Crippen molar-refractivity contribution < 1.29 is 9.53 Å². The number of methoxy groups -OCH3 is 1. The number of hydrazone groups is 1. The Morgan fingerprint density at radius 1 is 0.933 bits per heavy atom. The second-order valence-electron chi connectivity index (χ2n) is 7.03. The molecule has 30 heavy (non-hydrogen) atoms. The van der Waals surface area contributed by atoms with E-state index in [9.17, 15) is 4.79 Å². The third kappa shape index (κ3) is 3.96. The van der Waals surface area contributed by atoms with Gasteiger partial charge in [-0.2, -0.15) is 5.10 Å². The summed E-state index contributed by atoms with van der Waals surface area (Å²) in [6.07, 6.45) is 1.72. The number of rotatable bonds is 6. The SMILES string of the molecule is COc1ccccc1NC(C)C(=O)NN=Cc1c2ccccc2cc2ccccc12. The molecule has 0 heterocycles. The summed E-state index contributed by atoms with van der Waals surface area (Å²) in [6, 6.07) is 25.5. The minimum absolute atomic E-state index is 0.235. The number of carbonyl (C=O) groups is 1. The molecule has 0 fully saturated rings. The fourth-order valence-corrected chi connectivity index (χ4v) is 3.51. The number of amides is 1. The van der Waals surface area contributed by atoms with Gasteiger partial charge in [-0.25, -0.2) is 5.43 Å². The molecule has 1 atom stereocenters. The Hall–Kier alpha value is -3.86. The van der Waals surface area contributed by atoms with Gasteiger partial charge in [-0.1, -0.05) is 60.7 Å². The van der Waals surface area contributed by atoms with Gasteiger partial charge in [0.25, 0.3) is 5.91 Å². The van der Waals surface area contributed by atoms with Crippen LogP contribution in [0.1, 0.15) is 12.5 Å². The van der Waals surface area contributed by atoms with Crippen LogP contribution in [0.15, 0.2) is 84.0 Å². The minimum Gasteiger partial charge on any atom is -0.495 e. The van der Waals surface area contributed by atoms with Gasteiger partial charge < -0.3 is 10.1 Å². The predicted octanol–water partition coefficient (Wildman–Crippen LogP) is 4.95. The lowest BCUT2D eigenvalue weighted by atomic mass is 9.97. The standard InChI is InChI=1S/C25H23N3O2/c1-17(27-23-13-7-8-14-24(23)30-2)25(29)28-26-16-22-20-11-5-3-9-18(20)15-19-10-4-6-12-21(19)22/h3-17,27H,1-2H3,(H,28,29). The molecule has 4 aromatic rings. The van der Waals surface area contributed by atoms with Crippen LogP contribution in [0.25, 0.3) is 21.5 Å². The van der Waals surface area contributed by atoms with Gasteiger partial charge in [0.1, 0.15) is 11.8 Å². The number of benzene rings is 4. The lowest BCUT2D eigenvalue weighted by Gasteiger charge is -2.16. The zero-order valence-electron chi connectivity index (χ0n) is 16.9. The predicted molar refractivity (Wildman–Crippen MR) is 123 cm³/mol. The lowest BCUT2D eigenvalue weighted by Crippen LogP contribution is -2.35. The van der Waals surface area contributed by atoms with Gasteiger partial charge in [-0.05, 0) is 46.7 Å². The van der Waals surface area contributed by atoms with Gasteiger partial charge >= 0.3 is 0 Å². The number of hydrogen-bond donors (Lipinski definition) is 2. The Balaban J connectivity index is 1.55. The third-order valence-corrected chi connectivity index (χ3v) is 5.05. The van der Waals surface area contributed by atoms with Crippen molar-refractivity contribution in [2.75, 3.05) is 12.4 Å². The average molecular weight is 397 g/mol. The number of nitrogens with one attached hydrogen (secondary N) is 2. The van der Waals surface area contributed by atoms with E-state index in [1.807, 2.05) is 48.5 Å². The van der Waals surface area contributed by atoms with E-state index in [4.69, 9.17) is 4.74 Å². The maximum atomic E-state index is 12.5. The molecule has 1 unspecified atom stereocenters. The van der Waals surface area contributed by atoms with Crippen LogP contribution >= 0.6 is 0 Å². The number of carbonyl (C=O) groups excluding carboxylic acids is 1. The molecule has 4 aromatic carbocycles. The molecule has 2 N–H and O–H groups in total. The van der Waals surface area contributed by atoms with Crippen LogP contribution in [0.5, 0.6) is 5.75 Å². The van der Waals surface area contributed by atoms with E-state index in [-0.39, 0.29) is 5.91 Å². The Labute approximate surface area is 175 Å². The first-order valence-electron chi connectivity index (χ1n) is 9.80. The summed E-state index contributed by atoms with van der Waals surface area (Å²) in [5, 5.41) is 11.9. The smallest absolute Gasteiger partial charge is 0.262 e. The molecule has 0 aliphatic rings. The van der Waals surface area contributed by atoms with Gasteiger partial charge in [0, 0.05) is 5.56 Å². The molecular weight excluding hydrogens is 374 g/mol. The second-order valence-corrected chi connectivity index (χ2v) is 7.03. The van der Waals surface area contributed by atoms with Crippen LogP contribution in [0.3, 0.4) is 0 Å². The highest BCUT2D eigenvalue weighted by molar-refractivity contribution is 6.13. The van der Waals surface area contributed by atoms with E-state index < -0.39 is 6.04 Å². The van der Waals surface area contributed by atoms with Crippen molar-refractivity contribution in [3.8, 4) is 5.75 Å². The number of nitrogens with zero attached hydrogens (tertiary/aromatic N) is 1. The van der Waals surface area contributed by atoms with Crippen LogP contribution < -0.4 is 15.5 Å². The molecule has 0 saturated heterocycles. The van der Waals surface area contributed by atoms with Crippen LogP contribution in [0, 0.1) is 0 Å². The first kappa shape index (κ1) is 19.5. The van der Waals surface area contributed by atoms with Crippen molar-refractivity contribution >= 4 is 39.4 Å². The van der Waals surface area contributed by atoms with E-state index in [0.29, 0.717) is 5.75 Å². The van der Waals surface area contributed by atoms with E-state index in [1.54, 1.807) is 20.2 Å². The zero-order valence-corrected chi connectivity index (χ0v) is 16.9. The minimum atomic E-state index is -0.484. The maximum absolute atomic E-state index is 12.5. The van der Waals surface area contributed by atoms with Crippen molar-refractivity contribution in [1.29, 1.82) is 0 Å². The molecule has 1 amide bonds. The lowest BCUT2D eigenvalue weighted by molar-refractivity contribution is -0.121. The van der Waals surface area contributed by atoms with E-state index >= 15 is 0 Å². The summed E-state index contributed by atoms with van der Waals surface area (Å²) in [7, 11) is 1.60. The Kier molecular flexibility index (Phi) is 5.61. The summed E-state index contributed by atoms with van der Waals surface area (Å²) in [5.74, 6) is 0.449. The Morgan fingerprint density at radius 3 is 2.20 bits per heavy atom. The van der Waals surface area contributed by atoms with Crippen molar-refractivity contribution in [3.63, 3.8) is 0 Å². The van der Waals surface area contributed by atoms with Crippen LogP contribution in [-0.2, 0) is 4.79 Å². The fraction of sp³-hybridized carbons (Fsp3) is 0.120. The first-order valence-corrected chi connectivity index (χ1v) is 9.80. The second kappa shape index (κ2) is 8.66.